The van der Waals surface area contributed by atoms with Crippen LogP contribution < -0.4 is 5.32 Å². The Bertz CT molecular complexity index is 312. The van der Waals surface area contributed by atoms with Gasteiger partial charge in [-0.3, -0.25) is 0 Å². The van der Waals surface area contributed by atoms with Gasteiger partial charge in [-0.15, -0.1) is 0 Å². The maximum absolute atomic E-state index is 12.2. The summed E-state index contributed by atoms with van der Waals surface area (Å²) in [7, 11) is 2.29. The molecule has 0 spiro atoms. The number of hydrogen-bond donors (Lipinski definition) is 1. The van der Waals surface area contributed by atoms with Crippen LogP contribution in [0.25, 0.3) is 0 Å². The molecule has 7 heteroatoms. The molecule has 102 valence electrons. The summed E-state index contributed by atoms with van der Waals surface area (Å²) < 4.78 is 27.4. The van der Waals surface area contributed by atoms with E-state index in [0.717, 1.165) is 26.1 Å². The molecular weight excluding hydrogens is 240 g/mol. The minimum atomic E-state index is -3.25. The Labute approximate surface area is 105 Å². The molecule has 0 bridgehead atoms. The SMILES string of the molecule is CNCCCN(C)S(=O)(=O)N1CCN(C)CC1. The summed E-state index contributed by atoms with van der Waals surface area (Å²) in [6.45, 7) is 4.20. The van der Waals surface area contributed by atoms with Crippen molar-refractivity contribution in [3.63, 3.8) is 0 Å². The number of piperazine rings is 1. The minimum absolute atomic E-state index is 0.565. The summed E-state index contributed by atoms with van der Waals surface area (Å²) in [6, 6.07) is 0. The number of likely N-dealkylation sites (N-methyl/N-ethyl adjacent to an activating group) is 1. The molecule has 1 rings (SSSR count). The zero-order valence-corrected chi connectivity index (χ0v) is 11.8. The summed E-state index contributed by atoms with van der Waals surface area (Å²) in [5.41, 5.74) is 0. The predicted molar refractivity (Wildman–Crippen MR) is 69.2 cm³/mol. The van der Waals surface area contributed by atoms with E-state index in [1.165, 1.54) is 4.31 Å². The fourth-order valence-electron chi connectivity index (χ4n) is 1.81. The fourth-order valence-corrected chi connectivity index (χ4v) is 3.19. The normalized spacial score (nSPS) is 20.0. The summed E-state index contributed by atoms with van der Waals surface area (Å²) in [5.74, 6) is 0. The van der Waals surface area contributed by atoms with Crippen molar-refractivity contribution >= 4 is 10.2 Å². The van der Waals surface area contributed by atoms with E-state index >= 15 is 0 Å². The lowest BCUT2D eigenvalue weighted by Gasteiger charge is -2.34. The predicted octanol–water partition coefficient (Wildman–Crippen LogP) is -0.980. The fraction of sp³-hybridized carbons (Fsp3) is 1.00. The monoisotopic (exact) mass is 264 g/mol. The largest absolute Gasteiger partial charge is 0.320 e. The van der Waals surface area contributed by atoms with Crippen molar-refractivity contribution in [2.24, 2.45) is 0 Å². The second kappa shape index (κ2) is 6.65. The molecule has 0 aromatic rings. The highest BCUT2D eigenvalue weighted by atomic mass is 32.2. The Balaban J connectivity index is 2.49. The molecule has 0 aromatic heterocycles. The lowest BCUT2D eigenvalue weighted by atomic mass is 10.4. The van der Waals surface area contributed by atoms with E-state index in [-0.39, 0.29) is 0 Å². The van der Waals surface area contributed by atoms with Gasteiger partial charge in [0.2, 0.25) is 0 Å². The van der Waals surface area contributed by atoms with Gasteiger partial charge in [-0.25, -0.2) is 0 Å². The highest BCUT2D eigenvalue weighted by molar-refractivity contribution is 7.86. The van der Waals surface area contributed by atoms with E-state index in [9.17, 15) is 8.42 Å². The maximum atomic E-state index is 12.2. The first-order chi connectivity index (χ1) is 7.98. The highest BCUT2D eigenvalue weighted by Gasteiger charge is 2.28. The quantitative estimate of drug-likeness (QED) is 0.627. The number of nitrogens with one attached hydrogen (secondary N) is 1. The standard InChI is InChI=1S/C10H24N4O2S/c1-11-5-4-6-13(3)17(15,16)14-9-7-12(2)8-10-14/h11H,4-10H2,1-3H3. The van der Waals surface area contributed by atoms with Crippen LogP contribution in [0, 0.1) is 0 Å². The van der Waals surface area contributed by atoms with Gasteiger partial charge < -0.3 is 10.2 Å². The van der Waals surface area contributed by atoms with Gasteiger partial charge in [0.05, 0.1) is 0 Å². The lowest BCUT2D eigenvalue weighted by Crippen LogP contribution is -2.51. The van der Waals surface area contributed by atoms with Crippen LogP contribution in [0.4, 0.5) is 0 Å². The molecule has 0 aliphatic carbocycles. The zero-order chi connectivity index (χ0) is 12.9. The number of nitrogens with zero attached hydrogens (tertiary/aromatic N) is 3. The Morgan fingerprint density at radius 3 is 2.35 bits per heavy atom. The van der Waals surface area contributed by atoms with Crippen LogP contribution in [0.2, 0.25) is 0 Å². The first-order valence-electron chi connectivity index (χ1n) is 6.03. The van der Waals surface area contributed by atoms with Crippen LogP contribution in [0.3, 0.4) is 0 Å². The molecule has 17 heavy (non-hydrogen) atoms. The average molecular weight is 264 g/mol. The number of hydrogen-bond acceptors (Lipinski definition) is 4. The molecule has 0 atom stereocenters. The molecule has 1 heterocycles. The molecule has 0 radical (unpaired) electrons. The molecule has 6 nitrogen and oxygen atoms in total. The van der Waals surface area contributed by atoms with Crippen molar-refractivity contribution in [1.29, 1.82) is 0 Å². The van der Waals surface area contributed by atoms with E-state index in [4.69, 9.17) is 0 Å². The molecule has 0 aromatic carbocycles. The Morgan fingerprint density at radius 2 is 1.82 bits per heavy atom. The minimum Gasteiger partial charge on any atom is -0.320 e. The van der Waals surface area contributed by atoms with E-state index in [0.29, 0.717) is 19.6 Å². The van der Waals surface area contributed by atoms with Crippen LogP contribution in [0.5, 0.6) is 0 Å². The zero-order valence-electron chi connectivity index (χ0n) is 11.0. The molecule has 1 aliphatic heterocycles. The smallest absolute Gasteiger partial charge is 0.281 e. The molecular formula is C10H24N4O2S. The van der Waals surface area contributed by atoms with Crippen molar-refractivity contribution in [2.45, 2.75) is 6.42 Å². The van der Waals surface area contributed by atoms with Crippen LogP contribution in [0.15, 0.2) is 0 Å². The molecule has 1 N–H and O–H groups in total. The summed E-state index contributed by atoms with van der Waals surface area (Å²) >= 11 is 0. The van der Waals surface area contributed by atoms with E-state index in [1.54, 1.807) is 11.4 Å². The van der Waals surface area contributed by atoms with Gasteiger partial charge in [0.25, 0.3) is 10.2 Å². The van der Waals surface area contributed by atoms with Crippen LogP contribution in [0.1, 0.15) is 6.42 Å². The third-order valence-corrected chi connectivity index (χ3v) is 5.07. The van der Waals surface area contributed by atoms with Gasteiger partial charge in [0.1, 0.15) is 0 Å². The summed E-state index contributed by atoms with van der Waals surface area (Å²) in [6.07, 6.45) is 0.833. The Hall–Kier alpha value is -0.210. The van der Waals surface area contributed by atoms with Crippen molar-refractivity contribution in [1.82, 2.24) is 18.8 Å². The molecule has 0 saturated carbocycles. The van der Waals surface area contributed by atoms with Crippen LogP contribution >= 0.6 is 0 Å². The van der Waals surface area contributed by atoms with Crippen molar-refractivity contribution in [2.75, 3.05) is 60.4 Å². The van der Waals surface area contributed by atoms with Gasteiger partial charge in [0.15, 0.2) is 0 Å². The second-order valence-electron chi connectivity index (χ2n) is 4.49. The van der Waals surface area contributed by atoms with Crippen molar-refractivity contribution in [3.8, 4) is 0 Å². The van der Waals surface area contributed by atoms with Gasteiger partial charge >= 0.3 is 0 Å². The second-order valence-corrected chi connectivity index (χ2v) is 6.52. The average Bonchev–Trinajstić information content (AvgIpc) is 2.29. The third kappa shape index (κ3) is 4.18. The molecule has 1 fully saturated rings. The lowest BCUT2D eigenvalue weighted by molar-refractivity contribution is 0.214. The van der Waals surface area contributed by atoms with Crippen LogP contribution in [-0.2, 0) is 10.2 Å². The topological polar surface area (TPSA) is 55.9 Å². The maximum Gasteiger partial charge on any atom is 0.281 e. The van der Waals surface area contributed by atoms with Gasteiger partial charge in [-0.05, 0) is 27.1 Å². The molecule has 0 amide bonds. The first kappa shape index (κ1) is 14.8. The van der Waals surface area contributed by atoms with Crippen molar-refractivity contribution < 1.29 is 8.42 Å². The van der Waals surface area contributed by atoms with E-state index < -0.39 is 10.2 Å². The highest BCUT2D eigenvalue weighted by Crippen LogP contribution is 2.10. The van der Waals surface area contributed by atoms with Gasteiger partial charge in [0, 0.05) is 39.8 Å². The van der Waals surface area contributed by atoms with Crippen molar-refractivity contribution in [3.05, 3.63) is 0 Å². The Morgan fingerprint density at radius 1 is 1.24 bits per heavy atom. The Kier molecular flexibility index (Phi) is 5.81. The number of rotatable bonds is 6. The summed E-state index contributed by atoms with van der Waals surface area (Å²) in [4.78, 5) is 2.15. The molecule has 1 saturated heterocycles. The first-order valence-corrected chi connectivity index (χ1v) is 7.42. The third-order valence-electron chi connectivity index (χ3n) is 3.08. The van der Waals surface area contributed by atoms with Gasteiger partial charge in [-0.2, -0.15) is 17.0 Å². The van der Waals surface area contributed by atoms with Crippen LogP contribution in [-0.4, -0.2) is 82.3 Å². The molecule has 1 aliphatic rings. The van der Waals surface area contributed by atoms with E-state index in [2.05, 4.69) is 10.2 Å². The van der Waals surface area contributed by atoms with E-state index in [1.807, 2.05) is 14.1 Å². The summed E-state index contributed by atoms with van der Waals surface area (Å²) in [5, 5.41) is 3.02. The van der Waals surface area contributed by atoms with Gasteiger partial charge in [-0.1, -0.05) is 0 Å². The molecule has 0 unspecified atom stereocenters.